The minimum absolute atomic E-state index is 0.995. The minimum Gasteiger partial charge on any atom is -0.320 e. The minimum atomic E-state index is 0.995. The van der Waals surface area contributed by atoms with Gasteiger partial charge in [-0.2, -0.15) is 0 Å². The summed E-state index contributed by atoms with van der Waals surface area (Å²) in [5, 5.41) is 0. The third-order valence-corrected chi connectivity index (χ3v) is 4.71. The zero-order valence-corrected chi connectivity index (χ0v) is 13.6. The molecule has 4 rings (SSSR count). The number of fused-ring (bicyclic) bond motifs is 1. The molecule has 0 amide bonds. The highest BCUT2D eigenvalue weighted by Crippen LogP contribution is 2.22. The van der Waals surface area contributed by atoms with Gasteiger partial charge in [-0.05, 0) is 54.3 Å². The van der Waals surface area contributed by atoms with Crippen molar-refractivity contribution in [3.63, 3.8) is 0 Å². The first kappa shape index (κ1) is 14.3. The molecular formula is C21H22N2. The maximum atomic E-state index is 2.55. The molecule has 116 valence electrons. The summed E-state index contributed by atoms with van der Waals surface area (Å²) in [7, 11) is 0. The van der Waals surface area contributed by atoms with Gasteiger partial charge in [-0.25, -0.2) is 0 Å². The summed E-state index contributed by atoms with van der Waals surface area (Å²) in [4.78, 5) is 2.55. The molecule has 0 spiro atoms. The maximum Gasteiger partial charge on any atom is 0.0455 e. The van der Waals surface area contributed by atoms with Crippen molar-refractivity contribution >= 4 is 0 Å². The molecule has 0 aliphatic carbocycles. The van der Waals surface area contributed by atoms with E-state index in [1.165, 1.54) is 28.1 Å². The molecule has 0 saturated carbocycles. The second-order valence-corrected chi connectivity index (χ2v) is 6.44. The van der Waals surface area contributed by atoms with Gasteiger partial charge in [0.1, 0.15) is 0 Å². The van der Waals surface area contributed by atoms with E-state index in [-0.39, 0.29) is 0 Å². The lowest BCUT2D eigenvalue weighted by atomic mass is 10.00. The van der Waals surface area contributed by atoms with Crippen molar-refractivity contribution in [2.24, 2.45) is 0 Å². The Labute approximate surface area is 138 Å². The Kier molecular flexibility index (Phi) is 3.76. The normalized spacial score (nSPS) is 14.7. The summed E-state index contributed by atoms with van der Waals surface area (Å²) < 4.78 is 2.31. The molecule has 0 radical (unpaired) electrons. The monoisotopic (exact) mass is 302 g/mol. The lowest BCUT2D eigenvalue weighted by molar-refractivity contribution is 0.241. The second kappa shape index (κ2) is 6.05. The highest BCUT2D eigenvalue weighted by molar-refractivity contribution is 5.38. The average Bonchev–Trinajstić information content (AvgIpc) is 3.03. The summed E-state index contributed by atoms with van der Waals surface area (Å²) in [6.07, 6.45) is 3.32. The van der Waals surface area contributed by atoms with Crippen molar-refractivity contribution in [3.8, 4) is 5.69 Å². The summed E-state index contributed by atoms with van der Waals surface area (Å²) in [5.74, 6) is 0. The van der Waals surface area contributed by atoms with Crippen molar-refractivity contribution in [2.45, 2.75) is 26.4 Å². The Bertz CT molecular complexity index is 816. The Morgan fingerprint density at radius 1 is 0.913 bits per heavy atom. The molecule has 3 aromatic rings. The van der Waals surface area contributed by atoms with Gasteiger partial charge in [0.2, 0.25) is 0 Å². The summed E-state index contributed by atoms with van der Waals surface area (Å²) >= 11 is 0. The van der Waals surface area contributed by atoms with Gasteiger partial charge < -0.3 is 4.57 Å². The standard InChI is InChI=1S/C21H22N2/c1-17-6-4-9-20(14-17)23-12-5-10-21(23)16-22-13-11-18-7-2-3-8-19(18)15-22/h2-10,12,14H,11,13,15-16H2,1H3. The number of nitrogens with zero attached hydrogens (tertiary/aromatic N) is 2. The maximum absolute atomic E-state index is 2.55. The molecule has 0 saturated heterocycles. The molecule has 2 heterocycles. The second-order valence-electron chi connectivity index (χ2n) is 6.44. The van der Waals surface area contributed by atoms with Gasteiger partial charge in [0, 0.05) is 37.2 Å². The fraction of sp³-hybridized carbons (Fsp3) is 0.238. The first-order valence-corrected chi connectivity index (χ1v) is 8.32. The van der Waals surface area contributed by atoms with Crippen molar-refractivity contribution in [2.75, 3.05) is 6.54 Å². The number of aromatic nitrogens is 1. The van der Waals surface area contributed by atoms with E-state index in [1.807, 2.05) is 0 Å². The first-order chi connectivity index (χ1) is 11.3. The van der Waals surface area contributed by atoms with Crippen LogP contribution in [0.4, 0.5) is 0 Å². The quantitative estimate of drug-likeness (QED) is 0.698. The van der Waals surface area contributed by atoms with Crippen LogP contribution >= 0.6 is 0 Å². The van der Waals surface area contributed by atoms with Crippen LogP contribution in [0.2, 0.25) is 0 Å². The highest BCUT2D eigenvalue weighted by atomic mass is 15.1. The lowest BCUT2D eigenvalue weighted by Gasteiger charge is -2.29. The SMILES string of the molecule is Cc1cccc(-n2cccc2CN2CCc3ccccc3C2)c1. The molecule has 0 atom stereocenters. The van der Waals surface area contributed by atoms with E-state index in [1.54, 1.807) is 0 Å². The third kappa shape index (κ3) is 2.95. The average molecular weight is 302 g/mol. The largest absolute Gasteiger partial charge is 0.320 e. The van der Waals surface area contributed by atoms with Crippen LogP contribution in [-0.4, -0.2) is 16.0 Å². The number of hydrogen-bond donors (Lipinski definition) is 0. The topological polar surface area (TPSA) is 8.17 Å². The zero-order chi connectivity index (χ0) is 15.6. The van der Waals surface area contributed by atoms with E-state index in [2.05, 4.69) is 83.3 Å². The number of hydrogen-bond acceptors (Lipinski definition) is 1. The molecule has 2 heteroatoms. The third-order valence-electron chi connectivity index (χ3n) is 4.71. The molecule has 0 unspecified atom stereocenters. The van der Waals surface area contributed by atoms with Crippen molar-refractivity contribution in [1.29, 1.82) is 0 Å². The van der Waals surface area contributed by atoms with Crippen molar-refractivity contribution < 1.29 is 0 Å². The summed E-state index contributed by atoms with van der Waals surface area (Å²) in [6.45, 7) is 5.33. The van der Waals surface area contributed by atoms with Gasteiger partial charge in [0.15, 0.2) is 0 Å². The fourth-order valence-corrected chi connectivity index (χ4v) is 3.49. The molecule has 2 aromatic carbocycles. The van der Waals surface area contributed by atoms with Crippen LogP contribution in [0.3, 0.4) is 0 Å². The van der Waals surface area contributed by atoms with Gasteiger partial charge in [0.25, 0.3) is 0 Å². The predicted molar refractivity (Wildman–Crippen MR) is 94.8 cm³/mol. The Morgan fingerprint density at radius 3 is 2.65 bits per heavy atom. The van der Waals surface area contributed by atoms with Crippen LogP contribution in [0.25, 0.3) is 5.69 Å². The molecule has 2 nitrogen and oxygen atoms in total. The first-order valence-electron chi connectivity index (χ1n) is 8.32. The predicted octanol–water partition coefficient (Wildman–Crippen LogP) is 4.34. The molecule has 0 bridgehead atoms. The Morgan fingerprint density at radius 2 is 1.78 bits per heavy atom. The number of rotatable bonds is 3. The van der Waals surface area contributed by atoms with Crippen LogP contribution in [-0.2, 0) is 19.5 Å². The van der Waals surface area contributed by atoms with E-state index in [0.29, 0.717) is 0 Å². The van der Waals surface area contributed by atoms with E-state index in [9.17, 15) is 0 Å². The highest BCUT2D eigenvalue weighted by Gasteiger charge is 2.17. The van der Waals surface area contributed by atoms with E-state index in [0.717, 1.165) is 26.1 Å². The molecule has 1 aromatic heterocycles. The van der Waals surface area contributed by atoms with Crippen LogP contribution in [0.1, 0.15) is 22.4 Å². The lowest BCUT2D eigenvalue weighted by Crippen LogP contribution is -2.30. The number of aryl methyl sites for hydroxylation is 1. The van der Waals surface area contributed by atoms with E-state index >= 15 is 0 Å². The molecule has 0 N–H and O–H groups in total. The van der Waals surface area contributed by atoms with Crippen molar-refractivity contribution in [3.05, 3.63) is 89.2 Å². The fourth-order valence-electron chi connectivity index (χ4n) is 3.49. The molecular weight excluding hydrogens is 280 g/mol. The van der Waals surface area contributed by atoms with Crippen LogP contribution in [0.5, 0.6) is 0 Å². The summed E-state index contributed by atoms with van der Waals surface area (Å²) in [5.41, 5.74) is 6.90. The van der Waals surface area contributed by atoms with Gasteiger partial charge in [-0.1, -0.05) is 36.4 Å². The molecule has 23 heavy (non-hydrogen) atoms. The smallest absolute Gasteiger partial charge is 0.0455 e. The van der Waals surface area contributed by atoms with Crippen LogP contribution < -0.4 is 0 Å². The van der Waals surface area contributed by atoms with Crippen molar-refractivity contribution in [1.82, 2.24) is 9.47 Å². The Balaban J connectivity index is 1.56. The van der Waals surface area contributed by atoms with Gasteiger partial charge in [0.05, 0.1) is 0 Å². The molecule has 0 fully saturated rings. The summed E-state index contributed by atoms with van der Waals surface area (Å²) in [6, 6.07) is 21.9. The van der Waals surface area contributed by atoms with Gasteiger partial charge in [-0.3, -0.25) is 4.90 Å². The Hall–Kier alpha value is -2.32. The van der Waals surface area contributed by atoms with Crippen LogP contribution in [0, 0.1) is 6.92 Å². The van der Waals surface area contributed by atoms with E-state index < -0.39 is 0 Å². The van der Waals surface area contributed by atoms with Gasteiger partial charge >= 0.3 is 0 Å². The zero-order valence-electron chi connectivity index (χ0n) is 13.6. The number of benzene rings is 2. The van der Waals surface area contributed by atoms with E-state index in [4.69, 9.17) is 0 Å². The van der Waals surface area contributed by atoms with Crippen LogP contribution in [0.15, 0.2) is 66.9 Å². The van der Waals surface area contributed by atoms with Gasteiger partial charge in [-0.15, -0.1) is 0 Å². The molecule has 1 aliphatic rings. The molecule has 1 aliphatic heterocycles.